The zero-order valence-electron chi connectivity index (χ0n) is 5.99. The van der Waals surface area contributed by atoms with E-state index in [2.05, 4.69) is 11.8 Å². The van der Waals surface area contributed by atoms with Crippen LogP contribution in [0.15, 0.2) is 0 Å². The minimum Gasteiger partial charge on any atom is -0.393 e. The monoisotopic (exact) mass is 164 g/mol. The van der Waals surface area contributed by atoms with Crippen LogP contribution < -0.4 is 0 Å². The molecule has 0 aromatic rings. The van der Waals surface area contributed by atoms with Gasteiger partial charge in [-0.2, -0.15) is 0 Å². The van der Waals surface area contributed by atoms with Gasteiger partial charge in [-0.25, -0.2) is 0 Å². The van der Waals surface area contributed by atoms with Crippen LogP contribution in [0, 0.1) is 41.0 Å². The molecule has 0 aromatic heterocycles. The molecular weight excluding hydrogens is 156 g/mol. The van der Waals surface area contributed by atoms with E-state index in [0.29, 0.717) is 0 Å². The van der Waals surface area contributed by atoms with Crippen LogP contribution in [-0.4, -0.2) is 15.1 Å². The lowest BCUT2D eigenvalue weighted by Crippen LogP contribution is -2.43. The fourth-order valence-corrected chi connectivity index (χ4v) is 0.770. The summed E-state index contributed by atoms with van der Waals surface area (Å²) in [7, 11) is 1.35. The topological polar surface area (TPSA) is 18.5 Å². The summed E-state index contributed by atoms with van der Waals surface area (Å²) < 4.78 is 8.77. The van der Waals surface area contributed by atoms with Crippen molar-refractivity contribution in [2.75, 3.05) is 6.79 Å². The van der Waals surface area contributed by atoms with Gasteiger partial charge in [0.25, 0.3) is 0 Å². The normalized spacial score (nSPS) is 13.6. The molecule has 0 bridgehead atoms. The molecule has 2 nitrogen and oxygen atoms in total. The quantitative estimate of drug-likeness (QED) is 0.455. The molecule has 0 atom stereocenters. The molecule has 0 aliphatic heterocycles. The van der Waals surface area contributed by atoms with Gasteiger partial charge in [0.1, 0.15) is 13.9 Å². The van der Waals surface area contributed by atoms with Gasteiger partial charge in [-0.3, -0.25) is 0 Å². The Morgan fingerprint density at radius 2 is 1.64 bits per heavy atom. The molecule has 0 spiro atoms. The highest BCUT2D eigenvalue weighted by atomic mass is 28.4. The highest BCUT2D eigenvalue weighted by molar-refractivity contribution is 6.81. The zero-order chi connectivity index (χ0) is 9.12. The lowest BCUT2D eigenvalue weighted by molar-refractivity contribution is 0.0687. The maximum absolute atomic E-state index is 5.36. The predicted octanol–water partition coefficient (Wildman–Crippen LogP) is 0.965. The van der Waals surface area contributed by atoms with E-state index in [0.717, 1.165) is 0 Å². The van der Waals surface area contributed by atoms with Crippen LogP contribution in [0.25, 0.3) is 0 Å². The van der Waals surface area contributed by atoms with Gasteiger partial charge in [0, 0.05) is 5.04 Å². The summed E-state index contributed by atoms with van der Waals surface area (Å²) in [5, 5.41) is -1.72. The summed E-state index contributed by atoms with van der Waals surface area (Å²) in [4.78, 5) is 0. The van der Waals surface area contributed by atoms with Crippen LogP contribution in [0.3, 0.4) is 0 Å². The first-order valence-corrected chi connectivity index (χ1v) is 4.77. The SMILES string of the molecule is [CH]OCO[Si]([CH])([CH])C([CH])([CH])[CH]. The van der Waals surface area contributed by atoms with E-state index < -0.39 is 13.4 Å². The lowest BCUT2D eigenvalue weighted by Gasteiger charge is -2.33. The van der Waals surface area contributed by atoms with Crippen LogP contribution >= 0.6 is 0 Å². The van der Waals surface area contributed by atoms with Crippen molar-refractivity contribution in [3.05, 3.63) is 41.0 Å². The summed E-state index contributed by atoms with van der Waals surface area (Å²) in [6.07, 6.45) is 0. The minimum atomic E-state index is -3.30. The highest BCUT2D eigenvalue weighted by Crippen LogP contribution is 2.33. The van der Waals surface area contributed by atoms with Crippen LogP contribution in [0.1, 0.15) is 0 Å². The Hall–Kier alpha value is 0.137. The Morgan fingerprint density at radius 3 is 1.91 bits per heavy atom. The Morgan fingerprint density at radius 1 is 1.18 bits per heavy atom. The fraction of sp³-hybridized carbons (Fsp3) is 0.250. The molecule has 0 heterocycles. The first-order valence-electron chi connectivity index (χ1n) is 2.71. The van der Waals surface area contributed by atoms with Crippen LogP contribution in [-0.2, 0) is 9.16 Å². The Balaban J connectivity index is 4.00. The lowest BCUT2D eigenvalue weighted by atomic mass is 10.2. The van der Waals surface area contributed by atoms with Gasteiger partial charge in [0.15, 0.2) is 0 Å². The third kappa shape index (κ3) is 3.36. The van der Waals surface area contributed by atoms with Crippen molar-refractivity contribution in [2.24, 2.45) is 0 Å². The standard InChI is InChI=1S/C8H8O2Si/c1-8(2,3)11(5,6)10-7-9-4/h1-6H,7H2. The molecule has 11 heavy (non-hydrogen) atoms. The molecule has 0 unspecified atom stereocenters. The summed E-state index contributed by atoms with van der Waals surface area (Å²) >= 11 is 0. The molecule has 0 fully saturated rings. The summed E-state index contributed by atoms with van der Waals surface area (Å²) in [5.74, 6) is 0. The van der Waals surface area contributed by atoms with Gasteiger partial charge in [-0.05, 0) is 33.9 Å². The molecule has 56 valence electrons. The third-order valence-corrected chi connectivity index (χ3v) is 2.99. The van der Waals surface area contributed by atoms with E-state index in [4.69, 9.17) is 38.3 Å². The fourth-order valence-electron chi connectivity index (χ4n) is 0.257. The molecule has 0 aliphatic carbocycles. The molecule has 0 aliphatic rings. The molecule has 0 N–H and O–H groups in total. The van der Waals surface area contributed by atoms with Crippen molar-refractivity contribution >= 4 is 8.32 Å². The van der Waals surface area contributed by atoms with E-state index >= 15 is 0 Å². The molecule has 0 saturated carbocycles. The van der Waals surface area contributed by atoms with Gasteiger partial charge >= 0.3 is 0 Å². The number of hydrogen-bond acceptors (Lipinski definition) is 2. The number of hydrogen-bond donors (Lipinski definition) is 0. The molecule has 12 radical (unpaired) electrons. The molecule has 0 saturated heterocycles. The number of ether oxygens (including phenoxy) is 1. The van der Waals surface area contributed by atoms with E-state index in [1.165, 1.54) is 0 Å². The second-order valence-corrected chi connectivity index (χ2v) is 4.90. The first-order chi connectivity index (χ1) is 4.81. The van der Waals surface area contributed by atoms with Crippen molar-refractivity contribution in [3.63, 3.8) is 0 Å². The van der Waals surface area contributed by atoms with Gasteiger partial charge in [-0.1, -0.05) is 0 Å². The van der Waals surface area contributed by atoms with Crippen molar-refractivity contribution in [1.82, 2.24) is 0 Å². The van der Waals surface area contributed by atoms with Crippen LogP contribution in [0.5, 0.6) is 0 Å². The average Bonchev–Trinajstić information content (AvgIpc) is 1.81. The third-order valence-electron chi connectivity index (χ3n) is 1.04. The Kier molecular flexibility index (Phi) is 3.74. The highest BCUT2D eigenvalue weighted by Gasteiger charge is 2.38. The van der Waals surface area contributed by atoms with Crippen molar-refractivity contribution in [1.29, 1.82) is 0 Å². The van der Waals surface area contributed by atoms with Crippen LogP contribution in [0.2, 0.25) is 5.04 Å². The first kappa shape index (κ1) is 11.1. The minimum absolute atomic E-state index is 0.285. The molecule has 3 heteroatoms. The zero-order valence-corrected chi connectivity index (χ0v) is 6.99. The van der Waals surface area contributed by atoms with Gasteiger partial charge in [-0.15, -0.1) is 0 Å². The Bertz CT molecular complexity index is 116. The maximum atomic E-state index is 5.36. The van der Waals surface area contributed by atoms with Crippen molar-refractivity contribution in [3.8, 4) is 0 Å². The smallest absolute Gasteiger partial charge is 0.209 e. The number of rotatable bonds is 4. The predicted molar refractivity (Wildman–Crippen MR) is 41.3 cm³/mol. The molecule has 0 rings (SSSR count). The van der Waals surface area contributed by atoms with E-state index in [9.17, 15) is 0 Å². The average molecular weight is 164 g/mol. The molecule has 0 amide bonds. The largest absolute Gasteiger partial charge is 0.393 e. The van der Waals surface area contributed by atoms with Crippen LogP contribution in [0.4, 0.5) is 0 Å². The van der Waals surface area contributed by atoms with Crippen molar-refractivity contribution in [2.45, 2.75) is 5.04 Å². The Labute approximate surface area is 71.0 Å². The summed E-state index contributed by atoms with van der Waals surface area (Å²) in [6.45, 7) is 26.0. The molecular formula is C8H8O2Si. The van der Waals surface area contributed by atoms with Gasteiger partial charge in [0.2, 0.25) is 8.32 Å². The second-order valence-electron chi connectivity index (χ2n) is 2.15. The summed E-state index contributed by atoms with van der Waals surface area (Å²) in [6, 6.07) is 0. The second kappa shape index (κ2) is 3.69. The summed E-state index contributed by atoms with van der Waals surface area (Å²) in [5.41, 5.74) is 0. The maximum Gasteiger partial charge on any atom is 0.209 e. The molecule has 0 aromatic carbocycles. The van der Waals surface area contributed by atoms with Crippen molar-refractivity contribution < 1.29 is 9.16 Å². The van der Waals surface area contributed by atoms with Gasteiger partial charge < -0.3 is 9.16 Å². The van der Waals surface area contributed by atoms with E-state index in [1.807, 2.05) is 0 Å². The van der Waals surface area contributed by atoms with E-state index in [-0.39, 0.29) is 6.79 Å². The van der Waals surface area contributed by atoms with E-state index in [1.54, 1.807) is 0 Å². The van der Waals surface area contributed by atoms with Gasteiger partial charge in [0.05, 0.1) is 0 Å².